The summed E-state index contributed by atoms with van der Waals surface area (Å²) in [5.74, 6) is 0.585. The van der Waals surface area contributed by atoms with Gasteiger partial charge in [-0.25, -0.2) is 0 Å². The minimum absolute atomic E-state index is 0.0194. The summed E-state index contributed by atoms with van der Waals surface area (Å²) in [7, 11) is 0. The predicted octanol–water partition coefficient (Wildman–Crippen LogP) is 1.90. The van der Waals surface area contributed by atoms with Crippen LogP contribution in [0.3, 0.4) is 0 Å². The van der Waals surface area contributed by atoms with Gasteiger partial charge in [0, 0.05) is 6.04 Å². The van der Waals surface area contributed by atoms with Crippen molar-refractivity contribution in [1.82, 2.24) is 0 Å². The monoisotopic (exact) mass is 193 g/mol. The second kappa shape index (κ2) is 3.50. The van der Waals surface area contributed by atoms with Crippen LogP contribution in [0.25, 0.3) is 0 Å². The lowest BCUT2D eigenvalue weighted by molar-refractivity contribution is 0.402. The number of aromatic hydroxyl groups is 2. The molecule has 0 bridgehead atoms. The number of rotatable bonds is 3. The molecule has 0 aliphatic heterocycles. The maximum atomic E-state index is 9.29. The highest BCUT2D eigenvalue weighted by atomic mass is 16.3. The quantitative estimate of drug-likeness (QED) is 0.642. The first-order chi connectivity index (χ1) is 6.66. The minimum Gasteiger partial charge on any atom is -0.504 e. The van der Waals surface area contributed by atoms with E-state index in [1.807, 2.05) is 0 Å². The van der Waals surface area contributed by atoms with Crippen molar-refractivity contribution in [3.05, 3.63) is 23.8 Å². The van der Waals surface area contributed by atoms with Gasteiger partial charge in [0.05, 0.1) is 0 Å². The van der Waals surface area contributed by atoms with E-state index >= 15 is 0 Å². The Kier molecular flexibility index (Phi) is 2.33. The standard InChI is InChI=1S/C11H15NO2/c12-9(5-7-1-2-7)8-3-4-10(13)11(14)6-8/h3-4,6-7,9,13-14H,1-2,5,12H2/t9-/m0/s1. The summed E-state index contributed by atoms with van der Waals surface area (Å²) in [6.07, 6.45) is 3.53. The van der Waals surface area contributed by atoms with Crippen molar-refractivity contribution in [3.63, 3.8) is 0 Å². The van der Waals surface area contributed by atoms with Crippen molar-refractivity contribution in [2.75, 3.05) is 0 Å². The molecule has 1 atom stereocenters. The van der Waals surface area contributed by atoms with Gasteiger partial charge >= 0.3 is 0 Å². The van der Waals surface area contributed by atoms with Crippen LogP contribution in [0.4, 0.5) is 0 Å². The first-order valence-corrected chi connectivity index (χ1v) is 4.94. The average Bonchev–Trinajstić information content (AvgIpc) is 2.93. The first kappa shape index (κ1) is 9.34. The van der Waals surface area contributed by atoms with Crippen LogP contribution in [0.2, 0.25) is 0 Å². The van der Waals surface area contributed by atoms with Gasteiger partial charge in [-0.1, -0.05) is 18.9 Å². The van der Waals surface area contributed by atoms with Crippen LogP contribution < -0.4 is 5.73 Å². The lowest BCUT2D eigenvalue weighted by Gasteiger charge is -2.11. The molecule has 76 valence electrons. The zero-order chi connectivity index (χ0) is 10.1. The topological polar surface area (TPSA) is 66.5 Å². The summed E-state index contributed by atoms with van der Waals surface area (Å²) in [5, 5.41) is 18.4. The summed E-state index contributed by atoms with van der Waals surface area (Å²) in [6, 6.07) is 4.77. The summed E-state index contributed by atoms with van der Waals surface area (Å²) in [6.45, 7) is 0. The number of benzene rings is 1. The van der Waals surface area contributed by atoms with Gasteiger partial charge in [-0.2, -0.15) is 0 Å². The zero-order valence-electron chi connectivity index (χ0n) is 7.98. The molecule has 4 N–H and O–H groups in total. The molecule has 0 spiro atoms. The molecule has 14 heavy (non-hydrogen) atoms. The van der Waals surface area contributed by atoms with E-state index < -0.39 is 0 Å². The Bertz CT molecular complexity index is 334. The van der Waals surface area contributed by atoms with Gasteiger partial charge < -0.3 is 15.9 Å². The molecule has 1 saturated carbocycles. The Hall–Kier alpha value is -1.22. The molecule has 2 rings (SSSR count). The molecule has 1 fully saturated rings. The Labute approximate surface area is 83.2 Å². The first-order valence-electron chi connectivity index (χ1n) is 4.94. The highest BCUT2D eigenvalue weighted by Gasteiger charge is 2.24. The number of nitrogens with two attached hydrogens (primary N) is 1. The van der Waals surface area contributed by atoms with Crippen molar-refractivity contribution in [1.29, 1.82) is 0 Å². The Morgan fingerprint density at radius 1 is 1.29 bits per heavy atom. The van der Waals surface area contributed by atoms with E-state index in [0.717, 1.165) is 17.9 Å². The van der Waals surface area contributed by atoms with Crippen LogP contribution in [-0.2, 0) is 0 Å². The average molecular weight is 193 g/mol. The van der Waals surface area contributed by atoms with Crippen LogP contribution in [0.1, 0.15) is 30.9 Å². The van der Waals surface area contributed by atoms with Gasteiger partial charge in [0.2, 0.25) is 0 Å². The molecule has 0 amide bonds. The smallest absolute Gasteiger partial charge is 0.157 e. The van der Waals surface area contributed by atoms with Crippen molar-refractivity contribution in [2.24, 2.45) is 11.7 Å². The molecule has 0 heterocycles. The highest BCUT2D eigenvalue weighted by molar-refractivity contribution is 5.41. The molecule has 0 radical (unpaired) electrons. The van der Waals surface area contributed by atoms with Crippen LogP contribution in [0, 0.1) is 5.92 Å². The van der Waals surface area contributed by atoms with Gasteiger partial charge in [-0.05, 0) is 30.0 Å². The summed E-state index contributed by atoms with van der Waals surface area (Å²) >= 11 is 0. The Morgan fingerprint density at radius 3 is 2.57 bits per heavy atom. The summed E-state index contributed by atoms with van der Waals surface area (Å²) < 4.78 is 0. The van der Waals surface area contributed by atoms with Crippen LogP contribution in [0.15, 0.2) is 18.2 Å². The van der Waals surface area contributed by atoms with Crippen molar-refractivity contribution >= 4 is 0 Å². The Balaban J connectivity index is 2.10. The fourth-order valence-electron chi connectivity index (χ4n) is 1.62. The molecule has 0 saturated heterocycles. The predicted molar refractivity (Wildman–Crippen MR) is 54.0 cm³/mol. The fourth-order valence-corrected chi connectivity index (χ4v) is 1.62. The molecule has 1 aromatic rings. The van der Waals surface area contributed by atoms with Crippen molar-refractivity contribution in [3.8, 4) is 11.5 Å². The normalized spacial score (nSPS) is 18.1. The largest absolute Gasteiger partial charge is 0.504 e. The van der Waals surface area contributed by atoms with E-state index in [-0.39, 0.29) is 17.5 Å². The second-order valence-corrected chi connectivity index (χ2v) is 4.03. The fraction of sp³-hybridized carbons (Fsp3) is 0.455. The number of hydrogen-bond donors (Lipinski definition) is 3. The third kappa shape index (κ3) is 1.99. The van der Waals surface area contributed by atoms with E-state index in [1.54, 1.807) is 12.1 Å². The highest BCUT2D eigenvalue weighted by Crippen LogP contribution is 2.37. The number of phenolic OH excluding ortho intramolecular Hbond substituents is 2. The van der Waals surface area contributed by atoms with Crippen molar-refractivity contribution in [2.45, 2.75) is 25.3 Å². The van der Waals surface area contributed by atoms with Crippen LogP contribution >= 0.6 is 0 Å². The van der Waals surface area contributed by atoms with Gasteiger partial charge in [0.1, 0.15) is 0 Å². The molecule has 3 heteroatoms. The third-order valence-electron chi connectivity index (χ3n) is 2.71. The van der Waals surface area contributed by atoms with Gasteiger partial charge in [-0.3, -0.25) is 0 Å². The molecular formula is C11H15NO2. The zero-order valence-corrected chi connectivity index (χ0v) is 7.98. The Morgan fingerprint density at radius 2 is 2.00 bits per heavy atom. The molecule has 1 aliphatic carbocycles. The van der Waals surface area contributed by atoms with E-state index in [4.69, 9.17) is 10.8 Å². The number of hydrogen-bond acceptors (Lipinski definition) is 3. The SMILES string of the molecule is N[C@@H](CC1CC1)c1ccc(O)c(O)c1. The molecule has 3 nitrogen and oxygen atoms in total. The van der Waals surface area contributed by atoms with Gasteiger partial charge in [0.15, 0.2) is 11.5 Å². The third-order valence-corrected chi connectivity index (χ3v) is 2.71. The number of phenols is 2. The summed E-state index contributed by atoms with van der Waals surface area (Å²) in [5.41, 5.74) is 6.86. The summed E-state index contributed by atoms with van der Waals surface area (Å²) in [4.78, 5) is 0. The van der Waals surface area contributed by atoms with E-state index in [9.17, 15) is 5.11 Å². The van der Waals surface area contributed by atoms with E-state index in [0.29, 0.717) is 0 Å². The molecule has 0 unspecified atom stereocenters. The molecule has 1 aromatic carbocycles. The van der Waals surface area contributed by atoms with E-state index in [1.165, 1.54) is 18.9 Å². The molecular weight excluding hydrogens is 178 g/mol. The molecule has 0 aromatic heterocycles. The maximum absolute atomic E-state index is 9.29. The van der Waals surface area contributed by atoms with Gasteiger partial charge in [0.25, 0.3) is 0 Å². The van der Waals surface area contributed by atoms with E-state index in [2.05, 4.69) is 0 Å². The lowest BCUT2D eigenvalue weighted by Crippen LogP contribution is -2.10. The van der Waals surface area contributed by atoms with Crippen LogP contribution in [0.5, 0.6) is 11.5 Å². The second-order valence-electron chi connectivity index (χ2n) is 4.03. The molecule has 1 aliphatic rings. The van der Waals surface area contributed by atoms with Crippen LogP contribution in [-0.4, -0.2) is 10.2 Å². The minimum atomic E-state index is -0.0904. The van der Waals surface area contributed by atoms with Gasteiger partial charge in [-0.15, -0.1) is 0 Å². The van der Waals surface area contributed by atoms with Crippen molar-refractivity contribution < 1.29 is 10.2 Å². The lowest BCUT2D eigenvalue weighted by atomic mass is 10.0. The maximum Gasteiger partial charge on any atom is 0.157 e.